The van der Waals surface area contributed by atoms with Crippen molar-refractivity contribution in [1.29, 1.82) is 0 Å². The quantitative estimate of drug-likeness (QED) is 0.707. The van der Waals surface area contributed by atoms with E-state index in [1.54, 1.807) is 6.07 Å². The molecule has 3 aliphatic rings. The molecule has 0 saturated carbocycles. The van der Waals surface area contributed by atoms with E-state index in [-0.39, 0.29) is 24.3 Å². The number of amides is 4. The van der Waals surface area contributed by atoms with E-state index in [2.05, 4.69) is 5.32 Å². The third-order valence-electron chi connectivity index (χ3n) is 6.60. The van der Waals surface area contributed by atoms with Crippen LogP contribution >= 0.6 is 0 Å². The summed E-state index contributed by atoms with van der Waals surface area (Å²) >= 11 is 0. The van der Waals surface area contributed by atoms with E-state index >= 15 is 0 Å². The lowest BCUT2D eigenvalue weighted by Crippen LogP contribution is -2.52. The summed E-state index contributed by atoms with van der Waals surface area (Å²) in [6, 6.07) is 14.1. The van der Waals surface area contributed by atoms with E-state index in [4.69, 9.17) is 0 Å². The molecular weight excluding hydrogens is 422 g/mol. The Bertz CT molecular complexity index is 1190. The monoisotopic (exact) mass is 445 g/mol. The summed E-state index contributed by atoms with van der Waals surface area (Å²) in [6.45, 7) is 0.685. The molecule has 8 heteroatoms. The smallest absolute Gasteiger partial charge is 0.408 e. The van der Waals surface area contributed by atoms with Crippen LogP contribution in [0.2, 0.25) is 0 Å². The number of fused-ring (bicyclic) bond motifs is 1. The van der Waals surface area contributed by atoms with Gasteiger partial charge in [0.2, 0.25) is 11.8 Å². The molecule has 2 aromatic carbocycles. The minimum atomic E-state index is -0.960. The zero-order valence-corrected chi connectivity index (χ0v) is 17.9. The van der Waals surface area contributed by atoms with Gasteiger partial charge in [-0.1, -0.05) is 42.5 Å². The molecule has 2 N–H and O–H groups in total. The number of rotatable bonds is 3. The highest BCUT2D eigenvalue weighted by molar-refractivity contribution is 6.05. The van der Waals surface area contributed by atoms with Gasteiger partial charge in [-0.2, -0.15) is 0 Å². The van der Waals surface area contributed by atoms with Gasteiger partial charge in [0.25, 0.3) is 5.91 Å². The highest BCUT2D eigenvalue weighted by Gasteiger charge is 2.39. The number of piperidine rings is 1. The summed E-state index contributed by atoms with van der Waals surface area (Å²) in [5.41, 5.74) is 4.26. The van der Waals surface area contributed by atoms with Crippen molar-refractivity contribution in [1.82, 2.24) is 15.1 Å². The van der Waals surface area contributed by atoms with Crippen LogP contribution in [0.5, 0.6) is 0 Å². The van der Waals surface area contributed by atoms with Crippen LogP contribution in [-0.2, 0) is 16.1 Å². The number of nitrogens with one attached hydrogen (secondary N) is 1. The van der Waals surface area contributed by atoms with E-state index in [1.807, 2.05) is 48.5 Å². The Morgan fingerprint density at radius 2 is 1.82 bits per heavy atom. The maximum atomic E-state index is 12.9. The predicted octanol–water partition coefficient (Wildman–Crippen LogP) is 2.96. The van der Waals surface area contributed by atoms with Crippen molar-refractivity contribution in [2.24, 2.45) is 0 Å². The summed E-state index contributed by atoms with van der Waals surface area (Å²) in [5.74, 6) is -0.944. The fourth-order valence-corrected chi connectivity index (χ4v) is 4.90. The second-order valence-electron chi connectivity index (χ2n) is 8.55. The van der Waals surface area contributed by atoms with Gasteiger partial charge in [-0.15, -0.1) is 0 Å². The third-order valence-corrected chi connectivity index (χ3v) is 6.60. The molecular formula is C25H23N3O5. The van der Waals surface area contributed by atoms with Gasteiger partial charge in [0.1, 0.15) is 6.04 Å². The van der Waals surface area contributed by atoms with Gasteiger partial charge in [0, 0.05) is 25.1 Å². The molecule has 2 aromatic rings. The first-order chi connectivity index (χ1) is 15.9. The summed E-state index contributed by atoms with van der Waals surface area (Å²) in [6.07, 6.45) is 2.13. The van der Waals surface area contributed by atoms with Crippen LogP contribution in [0.3, 0.4) is 0 Å². The molecule has 2 unspecified atom stereocenters. The van der Waals surface area contributed by atoms with Crippen molar-refractivity contribution in [3.05, 3.63) is 76.9 Å². The zero-order valence-electron chi connectivity index (χ0n) is 17.9. The van der Waals surface area contributed by atoms with E-state index in [0.29, 0.717) is 31.5 Å². The maximum Gasteiger partial charge on any atom is 0.408 e. The molecule has 0 bridgehead atoms. The first-order valence-corrected chi connectivity index (χ1v) is 11.0. The lowest BCUT2D eigenvalue weighted by molar-refractivity contribution is -0.136. The number of benzene rings is 2. The van der Waals surface area contributed by atoms with Gasteiger partial charge in [-0.3, -0.25) is 24.6 Å². The number of hydrogen-bond acceptors (Lipinski definition) is 4. The Labute approximate surface area is 190 Å². The van der Waals surface area contributed by atoms with Crippen molar-refractivity contribution in [3.8, 4) is 0 Å². The fraction of sp³-hybridized carbons (Fsp3) is 0.280. The number of carboxylic acid groups (broad SMARTS) is 1. The minimum Gasteiger partial charge on any atom is -0.465 e. The lowest BCUT2D eigenvalue weighted by atomic mass is 9.91. The Hall–Kier alpha value is -3.94. The van der Waals surface area contributed by atoms with Crippen LogP contribution in [0.4, 0.5) is 4.79 Å². The first kappa shape index (κ1) is 20.9. The lowest BCUT2D eigenvalue weighted by Gasteiger charge is -2.33. The highest BCUT2D eigenvalue weighted by atomic mass is 16.4. The van der Waals surface area contributed by atoms with Gasteiger partial charge in [0.15, 0.2) is 0 Å². The van der Waals surface area contributed by atoms with Crippen LogP contribution in [0.25, 0.3) is 5.57 Å². The molecule has 1 fully saturated rings. The molecule has 168 valence electrons. The number of hydrogen-bond donors (Lipinski definition) is 2. The van der Waals surface area contributed by atoms with Crippen molar-refractivity contribution in [2.45, 2.75) is 37.9 Å². The predicted molar refractivity (Wildman–Crippen MR) is 119 cm³/mol. The standard InChI is InChI=1S/C25H23N3O5/c29-22-9-8-20(23(30)26-22)28-14-18-12-16(6-7-19(18)24(28)31)17-10-11-27(25(32)33)21(13-17)15-4-2-1-3-5-15/h1-7,12-13,20-21H,8-11,14H2,(H,32,33)(H,26,29,30). The minimum absolute atomic E-state index is 0.206. The van der Waals surface area contributed by atoms with E-state index in [0.717, 1.165) is 22.3 Å². The summed E-state index contributed by atoms with van der Waals surface area (Å²) in [4.78, 5) is 51.4. The van der Waals surface area contributed by atoms with E-state index in [9.17, 15) is 24.3 Å². The second kappa shape index (κ2) is 8.20. The maximum absolute atomic E-state index is 12.9. The molecule has 5 rings (SSSR count). The fourth-order valence-electron chi connectivity index (χ4n) is 4.90. The van der Waals surface area contributed by atoms with Crippen LogP contribution in [0.15, 0.2) is 54.6 Å². The molecule has 2 atom stereocenters. The van der Waals surface area contributed by atoms with Crippen LogP contribution in [0, 0.1) is 0 Å². The number of nitrogens with zero attached hydrogens (tertiary/aromatic N) is 2. The van der Waals surface area contributed by atoms with Crippen molar-refractivity contribution in [3.63, 3.8) is 0 Å². The van der Waals surface area contributed by atoms with Crippen molar-refractivity contribution >= 4 is 29.4 Å². The van der Waals surface area contributed by atoms with Gasteiger partial charge in [-0.05, 0) is 47.2 Å². The van der Waals surface area contributed by atoms with Gasteiger partial charge in [-0.25, -0.2) is 4.79 Å². The molecule has 1 saturated heterocycles. The summed E-state index contributed by atoms with van der Waals surface area (Å²) in [7, 11) is 0. The Kier molecular flexibility index (Phi) is 5.20. The molecule has 3 aliphatic heterocycles. The van der Waals surface area contributed by atoms with Gasteiger partial charge >= 0.3 is 6.09 Å². The van der Waals surface area contributed by atoms with Crippen LogP contribution < -0.4 is 5.32 Å². The Balaban J connectivity index is 1.43. The SMILES string of the molecule is O=C1CCC(N2Cc3cc(C4=CC(c5ccccc5)N(C(=O)O)CC4)ccc3C2=O)C(=O)N1. The average molecular weight is 445 g/mol. The number of carbonyl (C=O) groups excluding carboxylic acids is 3. The molecule has 0 aliphatic carbocycles. The number of carbonyl (C=O) groups is 4. The van der Waals surface area contributed by atoms with Crippen LogP contribution in [0.1, 0.15) is 52.4 Å². The zero-order chi connectivity index (χ0) is 23.1. The van der Waals surface area contributed by atoms with E-state index in [1.165, 1.54) is 9.80 Å². The summed E-state index contributed by atoms with van der Waals surface area (Å²) < 4.78 is 0. The molecule has 3 heterocycles. The topological polar surface area (TPSA) is 107 Å². The third kappa shape index (κ3) is 3.77. The highest BCUT2D eigenvalue weighted by Crippen LogP contribution is 2.36. The average Bonchev–Trinajstić information content (AvgIpc) is 3.14. The van der Waals surface area contributed by atoms with Crippen molar-refractivity contribution in [2.75, 3.05) is 6.54 Å². The van der Waals surface area contributed by atoms with Gasteiger partial charge < -0.3 is 10.0 Å². The van der Waals surface area contributed by atoms with E-state index < -0.39 is 18.0 Å². The largest absolute Gasteiger partial charge is 0.465 e. The Morgan fingerprint density at radius 3 is 2.55 bits per heavy atom. The molecule has 33 heavy (non-hydrogen) atoms. The molecule has 0 aromatic heterocycles. The molecule has 4 amide bonds. The first-order valence-electron chi connectivity index (χ1n) is 11.0. The summed E-state index contributed by atoms with van der Waals surface area (Å²) in [5, 5.41) is 12.0. The van der Waals surface area contributed by atoms with Crippen molar-refractivity contribution < 1.29 is 24.3 Å². The second-order valence-corrected chi connectivity index (χ2v) is 8.55. The normalized spacial score (nSPS) is 22.7. The molecule has 0 radical (unpaired) electrons. The molecule has 0 spiro atoms. The number of imide groups is 1. The van der Waals surface area contributed by atoms with Crippen LogP contribution in [-0.4, -0.2) is 51.3 Å². The Morgan fingerprint density at radius 1 is 1.03 bits per heavy atom. The van der Waals surface area contributed by atoms with Gasteiger partial charge in [0.05, 0.1) is 6.04 Å². The molecule has 8 nitrogen and oxygen atoms in total.